The zero-order valence-electron chi connectivity index (χ0n) is 15.3. The Morgan fingerprint density at radius 1 is 1.07 bits per heavy atom. The SMILES string of the molecule is O=C(O)CC1CN(C(=O)C(NC(=O)c2ccccc2)c2ccccc2)CCO1. The van der Waals surface area contributed by atoms with Gasteiger partial charge >= 0.3 is 5.97 Å². The topological polar surface area (TPSA) is 95.9 Å². The Kier molecular flexibility index (Phi) is 6.39. The van der Waals surface area contributed by atoms with Crippen LogP contribution in [0.15, 0.2) is 60.7 Å². The zero-order valence-corrected chi connectivity index (χ0v) is 15.3. The third kappa shape index (κ3) is 4.95. The van der Waals surface area contributed by atoms with E-state index in [2.05, 4.69) is 5.32 Å². The van der Waals surface area contributed by atoms with Crippen LogP contribution in [0.2, 0.25) is 0 Å². The minimum Gasteiger partial charge on any atom is -0.481 e. The third-order valence-electron chi connectivity index (χ3n) is 4.54. The molecule has 2 amide bonds. The van der Waals surface area contributed by atoms with Crippen LogP contribution in [-0.4, -0.2) is 53.6 Å². The molecule has 3 rings (SSSR count). The average molecular weight is 382 g/mol. The summed E-state index contributed by atoms with van der Waals surface area (Å²) in [5, 5.41) is 11.8. The Morgan fingerprint density at radius 3 is 2.36 bits per heavy atom. The first-order valence-corrected chi connectivity index (χ1v) is 9.07. The number of morpholine rings is 1. The van der Waals surface area contributed by atoms with Gasteiger partial charge in [0, 0.05) is 18.7 Å². The normalized spacial score (nSPS) is 17.6. The monoisotopic (exact) mass is 382 g/mol. The van der Waals surface area contributed by atoms with E-state index in [9.17, 15) is 14.4 Å². The van der Waals surface area contributed by atoms with Gasteiger partial charge in [-0.05, 0) is 17.7 Å². The van der Waals surface area contributed by atoms with Crippen molar-refractivity contribution in [2.75, 3.05) is 19.7 Å². The van der Waals surface area contributed by atoms with E-state index in [0.29, 0.717) is 17.7 Å². The van der Waals surface area contributed by atoms with Gasteiger partial charge in [0.15, 0.2) is 0 Å². The molecular weight excluding hydrogens is 360 g/mol. The molecule has 2 N–H and O–H groups in total. The van der Waals surface area contributed by atoms with E-state index in [-0.39, 0.29) is 31.4 Å². The number of rotatable bonds is 6. The van der Waals surface area contributed by atoms with Crippen molar-refractivity contribution in [2.24, 2.45) is 0 Å². The summed E-state index contributed by atoms with van der Waals surface area (Å²) in [7, 11) is 0. The number of amides is 2. The number of carbonyl (C=O) groups excluding carboxylic acids is 2. The van der Waals surface area contributed by atoms with E-state index in [1.54, 1.807) is 53.4 Å². The number of carbonyl (C=O) groups is 3. The molecule has 0 aromatic heterocycles. The second kappa shape index (κ2) is 9.14. The van der Waals surface area contributed by atoms with Crippen molar-refractivity contribution in [3.63, 3.8) is 0 Å². The molecule has 0 radical (unpaired) electrons. The lowest BCUT2D eigenvalue weighted by molar-refractivity contribution is -0.148. The van der Waals surface area contributed by atoms with Gasteiger partial charge in [0.05, 0.1) is 19.1 Å². The maximum absolute atomic E-state index is 13.2. The van der Waals surface area contributed by atoms with Crippen molar-refractivity contribution in [2.45, 2.75) is 18.6 Å². The second-order valence-corrected chi connectivity index (χ2v) is 6.56. The molecule has 28 heavy (non-hydrogen) atoms. The van der Waals surface area contributed by atoms with Gasteiger partial charge in [-0.15, -0.1) is 0 Å². The molecule has 2 aromatic carbocycles. The maximum atomic E-state index is 13.2. The number of hydrogen-bond donors (Lipinski definition) is 2. The Morgan fingerprint density at radius 2 is 1.71 bits per heavy atom. The highest BCUT2D eigenvalue weighted by atomic mass is 16.5. The summed E-state index contributed by atoms with van der Waals surface area (Å²) >= 11 is 0. The standard InChI is InChI=1S/C21H22N2O5/c24-18(25)13-17-14-23(11-12-28-17)21(27)19(15-7-3-1-4-8-15)22-20(26)16-9-5-2-6-10-16/h1-10,17,19H,11-14H2,(H,22,26)(H,24,25). The van der Waals surface area contributed by atoms with Gasteiger partial charge in [0.1, 0.15) is 6.04 Å². The summed E-state index contributed by atoms with van der Waals surface area (Å²) in [6.45, 7) is 0.785. The van der Waals surface area contributed by atoms with Gasteiger partial charge in [-0.3, -0.25) is 14.4 Å². The Hall–Kier alpha value is -3.19. The number of carboxylic acids is 1. The quantitative estimate of drug-likeness (QED) is 0.795. The van der Waals surface area contributed by atoms with Crippen LogP contribution in [0.25, 0.3) is 0 Å². The van der Waals surface area contributed by atoms with Crippen molar-refractivity contribution in [1.82, 2.24) is 10.2 Å². The largest absolute Gasteiger partial charge is 0.481 e. The number of carboxylic acid groups (broad SMARTS) is 1. The smallest absolute Gasteiger partial charge is 0.306 e. The molecule has 0 saturated carbocycles. The van der Waals surface area contributed by atoms with Crippen molar-refractivity contribution in [3.05, 3.63) is 71.8 Å². The second-order valence-electron chi connectivity index (χ2n) is 6.56. The minimum atomic E-state index is -0.976. The molecule has 2 atom stereocenters. The fraction of sp³-hybridized carbons (Fsp3) is 0.286. The summed E-state index contributed by atoms with van der Waals surface area (Å²) in [4.78, 5) is 38.4. The van der Waals surface area contributed by atoms with Crippen LogP contribution in [0.4, 0.5) is 0 Å². The fourth-order valence-corrected chi connectivity index (χ4v) is 3.16. The molecule has 146 valence electrons. The molecule has 1 heterocycles. The lowest BCUT2D eigenvalue weighted by atomic mass is 10.0. The summed E-state index contributed by atoms with van der Waals surface area (Å²) in [6, 6.07) is 16.8. The van der Waals surface area contributed by atoms with E-state index in [1.165, 1.54) is 0 Å². The number of aliphatic carboxylic acids is 1. The molecule has 2 unspecified atom stereocenters. The highest BCUT2D eigenvalue weighted by Crippen LogP contribution is 2.19. The lowest BCUT2D eigenvalue weighted by Gasteiger charge is -2.34. The van der Waals surface area contributed by atoms with Crippen molar-refractivity contribution < 1.29 is 24.2 Å². The van der Waals surface area contributed by atoms with Crippen LogP contribution in [0.5, 0.6) is 0 Å². The van der Waals surface area contributed by atoms with Crippen LogP contribution in [0.1, 0.15) is 28.4 Å². The minimum absolute atomic E-state index is 0.170. The van der Waals surface area contributed by atoms with Gasteiger partial charge in [-0.1, -0.05) is 48.5 Å². The van der Waals surface area contributed by atoms with E-state index in [0.717, 1.165) is 0 Å². The highest BCUT2D eigenvalue weighted by Gasteiger charge is 2.32. The summed E-state index contributed by atoms with van der Waals surface area (Å²) in [5.41, 5.74) is 1.13. The van der Waals surface area contributed by atoms with E-state index < -0.39 is 18.1 Å². The average Bonchev–Trinajstić information content (AvgIpc) is 2.72. The van der Waals surface area contributed by atoms with E-state index in [1.807, 2.05) is 12.1 Å². The van der Waals surface area contributed by atoms with Crippen LogP contribution >= 0.6 is 0 Å². The maximum Gasteiger partial charge on any atom is 0.306 e. The summed E-state index contributed by atoms with van der Waals surface area (Å²) < 4.78 is 5.44. The lowest BCUT2D eigenvalue weighted by Crippen LogP contribution is -2.50. The van der Waals surface area contributed by atoms with E-state index >= 15 is 0 Å². The molecule has 0 aliphatic carbocycles. The van der Waals surface area contributed by atoms with Gasteiger partial charge in [0.2, 0.25) is 5.91 Å². The van der Waals surface area contributed by atoms with Gasteiger partial charge in [-0.25, -0.2) is 0 Å². The predicted molar refractivity (Wildman–Crippen MR) is 102 cm³/mol. The molecule has 2 aromatic rings. The molecule has 0 spiro atoms. The molecular formula is C21H22N2O5. The van der Waals surface area contributed by atoms with Gasteiger partial charge < -0.3 is 20.1 Å². The van der Waals surface area contributed by atoms with Gasteiger partial charge in [0.25, 0.3) is 5.91 Å². The fourth-order valence-electron chi connectivity index (χ4n) is 3.16. The van der Waals surface area contributed by atoms with E-state index in [4.69, 9.17) is 9.84 Å². The molecule has 7 heteroatoms. The molecule has 1 aliphatic rings. The Bertz CT molecular complexity index is 825. The van der Waals surface area contributed by atoms with Crippen LogP contribution in [0.3, 0.4) is 0 Å². The Labute approximate surface area is 162 Å². The number of ether oxygens (including phenoxy) is 1. The molecule has 1 fully saturated rings. The summed E-state index contributed by atoms with van der Waals surface area (Å²) in [5.74, 6) is -1.61. The number of benzene rings is 2. The molecule has 1 aliphatic heterocycles. The molecule has 1 saturated heterocycles. The third-order valence-corrected chi connectivity index (χ3v) is 4.54. The van der Waals surface area contributed by atoms with Crippen molar-refractivity contribution in [3.8, 4) is 0 Å². The van der Waals surface area contributed by atoms with Crippen molar-refractivity contribution >= 4 is 17.8 Å². The number of nitrogens with zero attached hydrogens (tertiary/aromatic N) is 1. The molecule has 0 bridgehead atoms. The first-order valence-electron chi connectivity index (χ1n) is 9.07. The van der Waals surface area contributed by atoms with Crippen LogP contribution in [-0.2, 0) is 14.3 Å². The predicted octanol–water partition coefficient (Wildman–Crippen LogP) is 1.86. The summed E-state index contributed by atoms with van der Waals surface area (Å²) in [6.07, 6.45) is -0.729. The number of hydrogen-bond acceptors (Lipinski definition) is 4. The van der Waals surface area contributed by atoms with Crippen LogP contribution in [0, 0.1) is 0 Å². The first kappa shape index (κ1) is 19.6. The Balaban J connectivity index is 1.79. The number of nitrogens with one attached hydrogen (secondary N) is 1. The highest BCUT2D eigenvalue weighted by molar-refractivity contribution is 5.97. The zero-order chi connectivity index (χ0) is 19.9. The van der Waals surface area contributed by atoms with Crippen LogP contribution < -0.4 is 5.32 Å². The first-order chi connectivity index (χ1) is 13.5. The molecule has 7 nitrogen and oxygen atoms in total. The van der Waals surface area contributed by atoms with Gasteiger partial charge in [-0.2, -0.15) is 0 Å². The van der Waals surface area contributed by atoms with Crippen molar-refractivity contribution in [1.29, 1.82) is 0 Å².